The van der Waals surface area contributed by atoms with Gasteiger partial charge >= 0.3 is 0 Å². The average molecular weight is 365 g/mol. The minimum atomic E-state index is -0.231. The molecule has 0 spiro atoms. The van der Waals surface area contributed by atoms with E-state index in [1.807, 2.05) is 18.2 Å². The predicted octanol–water partition coefficient (Wildman–Crippen LogP) is 2.01. The number of nitrogens with zero attached hydrogens (tertiary/aromatic N) is 4. The molecule has 8 nitrogen and oxygen atoms in total. The zero-order valence-corrected chi connectivity index (χ0v) is 15.0. The van der Waals surface area contributed by atoms with Crippen LogP contribution in [0.25, 0.3) is 11.9 Å². The molecule has 27 heavy (non-hydrogen) atoms. The second-order valence-corrected chi connectivity index (χ2v) is 5.52. The van der Waals surface area contributed by atoms with Crippen molar-refractivity contribution >= 4 is 12.0 Å². The van der Waals surface area contributed by atoms with Crippen LogP contribution < -0.4 is 14.8 Å². The van der Waals surface area contributed by atoms with Crippen molar-refractivity contribution < 1.29 is 14.3 Å². The van der Waals surface area contributed by atoms with Crippen molar-refractivity contribution in [1.29, 1.82) is 0 Å². The smallest absolute Gasteiger partial charge is 0.244 e. The SMILES string of the molecule is COc1cc(C=CC(=O)NCc2cccnc2-n2cncn2)cc(OC)c1. The van der Waals surface area contributed by atoms with E-state index in [-0.39, 0.29) is 5.91 Å². The van der Waals surface area contributed by atoms with E-state index in [2.05, 4.69) is 20.4 Å². The zero-order chi connectivity index (χ0) is 19.1. The fourth-order valence-corrected chi connectivity index (χ4v) is 2.43. The summed E-state index contributed by atoms with van der Waals surface area (Å²) in [6, 6.07) is 9.08. The first-order valence-electron chi connectivity index (χ1n) is 8.17. The summed E-state index contributed by atoms with van der Waals surface area (Å²) in [5.74, 6) is 1.70. The number of rotatable bonds is 7. The lowest BCUT2D eigenvalue weighted by atomic mass is 10.2. The Bertz CT molecular complexity index is 916. The maximum atomic E-state index is 12.2. The number of carbonyl (C=O) groups is 1. The van der Waals surface area contributed by atoms with Crippen LogP contribution in [0.3, 0.4) is 0 Å². The minimum absolute atomic E-state index is 0.231. The summed E-state index contributed by atoms with van der Waals surface area (Å²) in [5.41, 5.74) is 1.62. The molecular formula is C19H19N5O3. The van der Waals surface area contributed by atoms with Crippen molar-refractivity contribution in [3.63, 3.8) is 0 Å². The lowest BCUT2D eigenvalue weighted by Gasteiger charge is -2.08. The van der Waals surface area contributed by atoms with Gasteiger partial charge in [-0.1, -0.05) is 6.07 Å². The van der Waals surface area contributed by atoms with E-state index < -0.39 is 0 Å². The van der Waals surface area contributed by atoms with Crippen LogP contribution >= 0.6 is 0 Å². The monoisotopic (exact) mass is 365 g/mol. The van der Waals surface area contributed by atoms with Gasteiger partial charge in [0.25, 0.3) is 0 Å². The highest BCUT2D eigenvalue weighted by Gasteiger charge is 2.07. The van der Waals surface area contributed by atoms with Crippen molar-refractivity contribution in [3.8, 4) is 17.3 Å². The number of benzene rings is 1. The number of hydrogen-bond acceptors (Lipinski definition) is 6. The quantitative estimate of drug-likeness (QED) is 0.644. The standard InChI is InChI=1S/C19H19N5O3/c1-26-16-8-14(9-17(10-16)27-2)5-6-18(25)22-11-15-4-3-7-21-19(15)24-13-20-12-23-24/h3-10,12-13H,11H2,1-2H3,(H,22,25). The minimum Gasteiger partial charge on any atom is -0.497 e. The van der Waals surface area contributed by atoms with Crippen molar-refractivity contribution in [1.82, 2.24) is 25.1 Å². The van der Waals surface area contributed by atoms with Gasteiger partial charge in [-0.2, -0.15) is 5.10 Å². The molecule has 0 aliphatic rings. The fraction of sp³-hybridized carbons (Fsp3) is 0.158. The molecule has 8 heteroatoms. The van der Waals surface area contributed by atoms with E-state index in [9.17, 15) is 4.79 Å². The molecule has 0 radical (unpaired) electrons. The van der Waals surface area contributed by atoms with Crippen LogP contribution in [0.1, 0.15) is 11.1 Å². The van der Waals surface area contributed by atoms with Crippen molar-refractivity contribution in [2.24, 2.45) is 0 Å². The summed E-state index contributed by atoms with van der Waals surface area (Å²) < 4.78 is 12.0. The third-order valence-electron chi connectivity index (χ3n) is 3.76. The molecular weight excluding hydrogens is 346 g/mol. The first kappa shape index (κ1) is 18.1. The van der Waals surface area contributed by atoms with Crippen molar-refractivity contribution in [2.45, 2.75) is 6.54 Å². The molecule has 3 aromatic rings. The Morgan fingerprint density at radius 1 is 1.22 bits per heavy atom. The molecule has 0 aliphatic heterocycles. The third-order valence-corrected chi connectivity index (χ3v) is 3.76. The highest BCUT2D eigenvalue weighted by atomic mass is 16.5. The molecule has 0 unspecified atom stereocenters. The topological polar surface area (TPSA) is 91.2 Å². The van der Waals surface area contributed by atoms with E-state index in [1.165, 1.54) is 12.4 Å². The molecule has 0 aliphatic carbocycles. The van der Waals surface area contributed by atoms with E-state index in [0.29, 0.717) is 23.9 Å². The van der Waals surface area contributed by atoms with Gasteiger partial charge in [-0.25, -0.2) is 14.6 Å². The van der Waals surface area contributed by atoms with Gasteiger partial charge in [0.2, 0.25) is 5.91 Å². The van der Waals surface area contributed by atoms with Gasteiger partial charge in [-0.3, -0.25) is 4.79 Å². The first-order valence-corrected chi connectivity index (χ1v) is 8.17. The third kappa shape index (κ3) is 4.69. The Labute approximate surface area is 156 Å². The largest absolute Gasteiger partial charge is 0.497 e. The summed E-state index contributed by atoms with van der Waals surface area (Å²) in [4.78, 5) is 20.4. The highest BCUT2D eigenvalue weighted by molar-refractivity contribution is 5.91. The molecule has 2 heterocycles. The Balaban J connectivity index is 1.67. The molecule has 0 atom stereocenters. The number of ether oxygens (including phenoxy) is 2. The van der Waals surface area contributed by atoms with Crippen molar-refractivity contribution in [3.05, 3.63) is 66.4 Å². The first-order chi connectivity index (χ1) is 13.2. The van der Waals surface area contributed by atoms with Crippen LogP contribution in [0.2, 0.25) is 0 Å². The number of methoxy groups -OCH3 is 2. The fourth-order valence-electron chi connectivity index (χ4n) is 2.43. The summed E-state index contributed by atoms with van der Waals surface area (Å²) in [6.45, 7) is 0.313. The molecule has 1 amide bonds. The van der Waals surface area contributed by atoms with Crippen LogP contribution in [-0.2, 0) is 11.3 Å². The lowest BCUT2D eigenvalue weighted by Crippen LogP contribution is -2.21. The second-order valence-electron chi connectivity index (χ2n) is 5.52. The van der Waals surface area contributed by atoms with Gasteiger partial charge in [0.1, 0.15) is 24.2 Å². The van der Waals surface area contributed by atoms with E-state index in [1.54, 1.807) is 49.6 Å². The molecule has 138 valence electrons. The Kier molecular flexibility index (Phi) is 5.78. The Morgan fingerprint density at radius 3 is 2.67 bits per heavy atom. The van der Waals surface area contributed by atoms with Crippen LogP contribution in [-0.4, -0.2) is 39.9 Å². The van der Waals surface area contributed by atoms with Gasteiger partial charge in [-0.15, -0.1) is 0 Å². The highest BCUT2D eigenvalue weighted by Crippen LogP contribution is 2.23. The van der Waals surface area contributed by atoms with E-state index in [4.69, 9.17) is 9.47 Å². The molecule has 3 rings (SSSR count). The second kappa shape index (κ2) is 8.61. The lowest BCUT2D eigenvalue weighted by molar-refractivity contribution is -0.116. The number of amides is 1. The maximum Gasteiger partial charge on any atom is 0.244 e. The molecule has 1 N–H and O–H groups in total. The predicted molar refractivity (Wildman–Crippen MR) is 99.6 cm³/mol. The van der Waals surface area contributed by atoms with Crippen LogP contribution in [0.15, 0.2) is 55.3 Å². The van der Waals surface area contributed by atoms with Crippen molar-refractivity contribution in [2.75, 3.05) is 14.2 Å². The number of hydrogen-bond donors (Lipinski definition) is 1. The number of pyridine rings is 1. The maximum absolute atomic E-state index is 12.2. The van der Waals surface area contributed by atoms with Gasteiger partial charge in [0.05, 0.1) is 14.2 Å². The Morgan fingerprint density at radius 2 is 2.00 bits per heavy atom. The number of carbonyl (C=O) groups excluding carboxylic acids is 1. The normalized spacial score (nSPS) is 10.7. The van der Waals surface area contributed by atoms with Crippen LogP contribution in [0.5, 0.6) is 11.5 Å². The molecule has 0 saturated carbocycles. The van der Waals surface area contributed by atoms with Gasteiger partial charge in [0, 0.05) is 30.4 Å². The number of aromatic nitrogens is 4. The molecule has 0 fully saturated rings. The van der Waals surface area contributed by atoms with E-state index in [0.717, 1.165) is 11.1 Å². The molecule has 0 bridgehead atoms. The molecule has 0 saturated heterocycles. The van der Waals surface area contributed by atoms with Gasteiger partial charge < -0.3 is 14.8 Å². The number of nitrogens with one attached hydrogen (secondary N) is 1. The van der Waals surface area contributed by atoms with E-state index >= 15 is 0 Å². The molecule has 2 aromatic heterocycles. The van der Waals surface area contributed by atoms with Crippen LogP contribution in [0.4, 0.5) is 0 Å². The van der Waals surface area contributed by atoms with Crippen LogP contribution in [0, 0.1) is 0 Å². The zero-order valence-electron chi connectivity index (χ0n) is 15.0. The van der Waals surface area contributed by atoms with Gasteiger partial charge in [0.15, 0.2) is 5.82 Å². The summed E-state index contributed by atoms with van der Waals surface area (Å²) >= 11 is 0. The molecule has 1 aromatic carbocycles. The summed E-state index contributed by atoms with van der Waals surface area (Å²) in [6.07, 6.45) is 7.81. The van der Waals surface area contributed by atoms with Gasteiger partial charge in [-0.05, 0) is 29.8 Å². The summed E-state index contributed by atoms with van der Waals surface area (Å²) in [7, 11) is 3.16. The summed E-state index contributed by atoms with van der Waals surface area (Å²) in [5, 5.41) is 6.91. The average Bonchev–Trinajstić information content (AvgIpc) is 3.25. The Hall–Kier alpha value is -3.68.